The molecule has 0 spiro atoms. The van der Waals surface area contributed by atoms with Gasteiger partial charge in [0.2, 0.25) is 0 Å². The molecule has 0 saturated carbocycles. The Kier molecular flexibility index (Phi) is 6.62. The van der Waals surface area contributed by atoms with Crippen LogP contribution in [0.25, 0.3) is 11.1 Å². The van der Waals surface area contributed by atoms with Gasteiger partial charge in [0.15, 0.2) is 0 Å². The van der Waals surface area contributed by atoms with Crippen LogP contribution >= 0.6 is 0 Å². The molecule has 0 aliphatic rings. The molecular weight excluding hydrogens is 316 g/mol. The molecule has 0 aliphatic carbocycles. The molecular formula is C24H28N2. The Morgan fingerprint density at radius 1 is 0.615 bits per heavy atom. The van der Waals surface area contributed by atoms with E-state index in [-0.39, 0.29) is 0 Å². The topological polar surface area (TPSA) is 52.0 Å². The van der Waals surface area contributed by atoms with Crippen molar-refractivity contribution in [2.45, 2.75) is 25.7 Å². The Hall–Kier alpha value is -3.00. The summed E-state index contributed by atoms with van der Waals surface area (Å²) in [6.45, 7) is 15.7. The van der Waals surface area contributed by atoms with Gasteiger partial charge in [-0.15, -0.1) is 26.3 Å². The second-order valence-electron chi connectivity index (χ2n) is 6.30. The average molecular weight is 345 g/mol. The lowest BCUT2D eigenvalue weighted by molar-refractivity contribution is 1.09. The number of hydrogen-bond acceptors (Lipinski definition) is 2. The van der Waals surface area contributed by atoms with Crippen LogP contribution in [0.5, 0.6) is 0 Å². The van der Waals surface area contributed by atoms with E-state index in [9.17, 15) is 0 Å². The van der Waals surface area contributed by atoms with Crippen LogP contribution in [0.1, 0.15) is 22.3 Å². The average Bonchev–Trinajstić information content (AvgIpc) is 2.63. The number of nitrogen functional groups attached to an aromatic ring is 2. The first-order valence-corrected chi connectivity index (χ1v) is 8.83. The molecule has 2 nitrogen and oxygen atoms in total. The number of benzene rings is 2. The van der Waals surface area contributed by atoms with Crippen LogP contribution in [0, 0.1) is 0 Å². The number of anilines is 2. The molecule has 0 heterocycles. The summed E-state index contributed by atoms with van der Waals surface area (Å²) >= 11 is 0. The summed E-state index contributed by atoms with van der Waals surface area (Å²) < 4.78 is 0. The molecule has 2 aromatic rings. The molecule has 26 heavy (non-hydrogen) atoms. The molecule has 4 N–H and O–H groups in total. The third kappa shape index (κ3) is 3.80. The van der Waals surface area contributed by atoms with E-state index in [1.54, 1.807) is 0 Å². The standard InChI is InChI=1S/C24H28N2/c1-5-9-19-21(11-7-3)24(26)22(12-8-4)20(10-6-2)23(19)17-13-15-18(25)16-14-17/h5-8,13-16H,1-4,9-12,25-26H2. The fraction of sp³-hybridized carbons (Fsp3) is 0.167. The van der Waals surface area contributed by atoms with Crippen molar-refractivity contribution in [1.29, 1.82) is 0 Å². The first-order chi connectivity index (χ1) is 12.6. The molecule has 0 fully saturated rings. The zero-order chi connectivity index (χ0) is 19.1. The van der Waals surface area contributed by atoms with Crippen molar-refractivity contribution in [2.24, 2.45) is 0 Å². The molecule has 0 aromatic heterocycles. The molecule has 2 rings (SSSR count). The van der Waals surface area contributed by atoms with E-state index in [0.29, 0.717) is 0 Å². The van der Waals surface area contributed by atoms with Gasteiger partial charge in [-0.25, -0.2) is 0 Å². The highest BCUT2D eigenvalue weighted by Crippen LogP contribution is 2.39. The van der Waals surface area contributed by atoms with Crippen molar-refractivity contribution in [3.8, 4) is 11.1 Å². The summed E-state index contributed by atoms with van der Waals surface area (Å²) in [4.78, 5) is 0. The van der Waals surface area contributed by atoms with E-state index in [2.05, 4.69) is 38.4 Å². The normalized spacial score (nSPS) is 10.3. The number of allylic oxidation sites excluding steroid dienone is 4. The maximum atomic E-state index is 6.60. The molecule has 0 unspecified atom stereocenters. The third-order valence-corrected chi connectivity index (χ3v) is 4.58. The highest BCUT2D eigenvalue weighted by molar-refractivity contribution is 5.81. The Morgan fingerprint density at radius 2 is 1.00 bits per heavy atom. The molecule has 134 valence electrons. The smallest absolute Gasteiger partial charge is 0.0391 e. The molecule has 0 bridgehead atoms. The second kappa shape index (κ2) is 8.91. The van der Waals surface area contributed by atoms with E-state index in [1.165, 1.54) is 16.7 Å². The van der Waals surface area contributed by atoms with Crippen molar-refractivity contribution >= 4 is 11.4 Å². The van der Waals surface area contributed by atoms with Crippen molar-refractivity contribution in [1.82, 2.24) is 0 Å². The van der Waals surface area contributed by atoms with Gasteiger partial charge in [-0.05, 0) is 71.2 Å². The molecule has 0 atom stereocenters. The van der Waals surface area contributed by atoms with Crippen LogP contribution in [0.4, 0.5) is 11.4 Å². The molecule has 0 saturated heterocycles. The van der Waals surface area contributed by atoms with Gasteiger partial charge in [0.25, 0.3) is 0 Å². The minimum absolute atomic E-state index is 0.718. The highest BCUT2D eigenvalue weighted by Gasteiger charge is 2.21. The fourth-order valence-corrected chi connectivity index (χ4v) is 3.48. The Labute approximate surface area is 157 Å². The van der Waals surface area contributed by atoms with Crippen LogP contribution < -0.4 is 11.5 Å². The van der Waals surface area contributed by atoms with Gasteiger partial charge in [0.1, 0.15) is 0 Å². The number of nitrogens with two attached hydrogens (primary N) is 2. The summed E-state index contributed by atoms with van der Waals surface area (Å²) in [5.41, 5.74) is 21.1. The predicted octanol–water partition coefficient (Wildman–Crippen LogP) is 5.43. The van der Waals surface area contributed by atoms with E-state index >= 15 is 0 Å². The zero-order valence-electron chi connectivity index (χ0n) is 15.4. The Balaban J connectivity index is 2.96. The van der Waals surface area contributed by atoms with E-state index in [0.717, 1.165) is 53.7 Å². The quantitative estimate of drug-likeness (QED) is 0.470. The third-order valence-electron chi connectivity index (χ3n) is 4.58. The highest BCUT2D eigenvalue weighted by atomic mass is 14.6. The van der Waals surface area contributed by atoms with E-state index in [1.807, 2.05) is 36.4 Å². The minimum atomic E-state index is 0.718. The summed E-state index contributed by atoms with van der Waals surface area (Å²) in [6, 6.07) is 7.99. The monoisotopic (exact) mass is 344 g/mol. The molecule has 2 aromatic carbocycles. The van der Waals surface area contributed by atoms with Gasteiger partial charge in [-0.1, -0.05) is 36.4 Å². The van der Waals surface area contributed by atoms with Crippen molar-refractivity contribution < 1.29 is 0 Å². The first-order valence-electron chi connectivity index (χ1n) is 8.83. The zero-order valence-corrected chi connectivity index (χ0v) is 15.4. The SMILES string of the molecule is C=CCc1c(N)c(CC=C)c(CC=C)c(-c2ccc(N)cc2)c1CC=C. The predicted molar refractivity (Wildman–Crippen MR) is 116 cm³/mol. The van der Waals surface area contributed by atoms with Gasteiger partial charge in [-0.2, -0.15) is 0 Å². The van der Waals surface area contributed by atoms with Crippen molar-refractivity contribution in [3.05, 3.63) is 97.1 Å². The lowest BCUT2D eigenvalue weighted by atomic mass is 9.81. The summed E-state index contributed by atoms with van der Waals surface area (Å²) in [5.74, 6) is 0. The number of hydrogen-bond donors (Lipinski definition) is 2. The van der Waals surface area contributed by atoms with Crippen LogP contribution in [0.3, 0.4) is 0 Å². The van der Waals surface area contributed by atoms with Crippen LogP contribution in [-0.2, 0) is 25.7 Å². The van der Waals surface area contributed by atoms with Crippen LogP contribution in [0.2, 0.25) is 0 Å². The minimum Gasteiger partial charge on any atom is -0.399 e. The Morgan fingerprint density at radius 3 is 1.38 bits per heavy atom. The van der Waals surface area contributed by atoms with Gasteiger partial charge in [0, 0.05) is 11.4 Å². The number of rotatable bonds is 9. The van der Waals surface area contributed by atoms with Crippen molar-refractivity contribution in [2.75, 3.05) is 11.5 Å². The lowest BCUT2D eigenvalue weighted by Crippen LogP contribution is -2.10. The molecule has 2 heteroatoms. The van der Waals surface area contributed by atoms with Gasteiger partial charge >= 0.3 is 0 Å². The maximum absolute atomic E-state index is 6.60. The second-order valence-corrected chi connectivity index (χ2v) is 6.30. The Bertz CT molecular complexity index is 781. The van der Waals surface area contributed by atoms with Crippen LogP contribution in [0.15, 0.2) is 74.9 Å². The largest absolute Gasteiger partial charge is 0.399 e. The van der Waals surface area contributed by atoms with E-state index in [4.69, 9.17) is 11.5 Å². The lowest BCUT2D eigenvalue weighted by Gasteiger charge is -2.24. The summed E-state index contributed by atoms with van der Waals surface area (Å²) in [5, 5.41) is 0. The van der Waals surface area contributed by atoms with Crippen LogP contribution in [-0.4, -0.2) is 0 Å². The van der Waals surface area contributed by atoms with Gasteiger partial charge in [0.05, 0.1) is 0 Å². The molecule has 0 amide bonds. The first kappa shape index (κ1) is 19.3. The van der Waals surface area contributed by atoms with Gasteiger partial charge in [-0.3, -0.25) is 0 Å². The molecule has 0 aliphatic heterocycles. The summed E-state index contributed by atoms with van der Waals surface area (Å²) in [6.07, 6.45) is 10.6. The van der Waals surface area contributed by atoms with Crippen molar-refractivity contribution in [3.63, 3.8) is 0 Å². The van der Waals surface area contributed by atoms with Gasteiger partial charge < -0.3 is 11.5 Å². The summed E-state index contributed by atoms with van der Waals surface area (Å²) in [7, 11) is 0. The van der Waals surface area contributed by atoms with E-state index < -0.39 is 0 Å². The fourth-order valence-electron chi connectivity index (χ4n) is 3.48. The molecule has 0 radical (unpaired) electrons. The maximum Gasteiger partial charge on any atom is 0.0391 e.